The van der Waals surface area contributed by atoms with Crippen LogP contribution in [0, 0.1) is 0 Å². The summed E-state index contributed by atoms with van der Waals surface area (Å²) in [5.41, 5.74) is 5.19. The van der Waals surface area contributed by atoms with Crippen molar-refractivity contribution in [2.24, 2.45) is 0 Å². The highest BCUT2D eigenvalue weighted by Crippen LogP contribution is 2.25. The minimum Gasteiger partial charge on any atom is -0.383 e. The zero-order valence-electron chi connectivity index (χ0n) is 12.3. The molecule has 1 aromatic rings. The molecule has 1 aromatic heterocycles. The predicted octanol–water partition coefficient (Wildman–Crippen LogP) is -0.255. The lowest BCUT2D eigenvalue weighted by Gasteiger charge is -2.17. The van der Waals surface area contributed by atoms with Gasteiger partial charge in [-0.3, -0.25) is 14.3 Å². The van der Waals surface area contributed by atoms with Crippen molar-refractivity contribution < 1.29 is 9.47 Å². The predicted molar refractivity (Wildman–Crippen MR) is 79.7 cm³/mol. The Kier molecular flexibility index (Phi) is 5.03. The Labute approximate surface area is 122 Å². The molecule has 2 rings (SSSR count). The molecule has 0 spiro atoms. The highest BCUT2D eigenvalue weighted by molar-refractivity contribution is 5.61. The van der Waals surface area contributed by atoms with Crippen molar-refractivity contribution in [3.8, 4) is 0 Å². The second kappa shape index (κ2) is 6.77. The van der Waals surface area contributed by atoms with Crippen LogP contribution in [0.1, 0.15) is 19.3 Å². The van der Waals surface area contributed by atoms with Crippen LogP contribution in [0.15, 0.2) is 9.59 Å². The molecule has 0 aromatic carbocycles. The van der Waals surface area contributed by atoms with Crippen LogP contribution in [0.5, 0.6) is 0 Å². The normalized spacial score (nSPS) is 21.6. The van der Waals surface area contributed by atoms with Crippen LogP contribution in [0.2, 0.25) is 0 Å². The van der Waals surface area contributed by atoms with Crippen LogP contribution < -0.4 is 22.3 Å². The Morgan fingerprint density at radius 1 is 1.38 bits per heavy atom. The fourth-order valence-corrected chi connectivity index (χ4v) is 2.62. The smallest absolute Gasteiger partial charge is 0.330 e. The van der Waals surface area contributed by atoms with Crippen molar-refractivity contribution in [3.05, 3.63) is 20.8 Å². The number of nitrogens with two attached hydrogens (primary N) is 1. The maximum Gasteiger partial charge on any atom is 0.330 e. The van der Waals surface area contributed by atoms with E-state index in [2.05, 4.69) is 10.3 Å². The summed E-state index contributed by atoms with van der Waals surface area (Å²) in [5, 5.41) is 3.14. The molecule has 2 atom stereocenters. The zero-order valence-corrected chi connectivity index (χ0v) is 12.3. The quantitative estimate of drug-likeness (QED) is 0.667. The number of anilines is 2. The third kappa shape index (κ3) is 3.45. The lowest BCUT2D eigenvalue weighted by Crippen LogP contribution is -2.36. The van der Waals surface area contributed by atoms with Gasteiger partial charge in [-0.25, -0.2) is 4.79 Å². The number of hydrogen-bond donors (Lipinski definition) is 3. The van der Waals surface area contributed by atoms with Gasteiger partial charge in [0.15, 0.2) is 0 Å². The zero-order chi connectivity index (χ0) is 15.4. The first-order valence-electron chi connectivity index (χ1n) is 6.97. The Hall–Kier alpha value is -1.80. The molecule has 0 amide bonds. The molecule has 1 aliphatic carbocycles. The van der Waals surface area contributed by atoms with E-state index in [9.17, 15) is 9.59 Å². The summed E-state index contributed by atoms with van der Waals surface area (Å²) in [4.78, 5) is 26.0. The van der Waals surface area contributed by atoms with Crippen LogP contribution >= 0.6 is 0 Å². The fourth-order valence-electron chi connectivity index (χ4n) is 2.62. The van der Waals surface area contributed by atoms with Gasteiger partial charge < -0.3 is 20.5 Å². The second-order valence-corrected chi connectivity index (χ2v) is 5.18. The summed E-state index contributed by atoms with van der Waals surface area (Å²) in [6, 6.07) is 0.117. The highest BCUT2D eigenvalue weighted by Gasteiger charge is 2.26. The topological polar surface area (TPSA) is 111 Å². The molecule has 1 saturated carbocycles. The molecule has 2 unspecified atom stereocenters. The minimum atomic E-state index is -0.527. The average molecular weight is 298 g/mol. The molecule has 0 radical (unpaired) electrons. The van der Waals surface area contributed by atoms with Crippen LogP contribution in [-0.4, -0.2) is 42.5 Å². The van der Waals surface area contributed by atoms with Crippen LogP contribution in [0.3, 0.4) is 0 Å². The second-order valence-electron chi connectivity index (χ2n) is 5.18. The molecule has 118 valence electrons. The molecule has 1 fully saturated rings. The third-order valence-corrected chi connectivity index (χ3v) is 3.82. The number of H-pyrrole nitrogens is 1. The summed E-state index contributed by atoms with van der Waals surface area (Å²) in [6.45, 7) is 0.628. The first kappa shape index (κ1) is 15.6. The SMILES string of the molecule is COCCn1c(N)c(NC2CCC(OC)C2)c(=O)[nH]c1=O. The van der Waals surface area contributed by atoms with Crippen molar-refractivity contribution in [1.29, 1.82) is 0 Å². The first-order valence-corrected chi connectivity index (χ1v) is 6.97. The Morgan fingerprint density at radius 3 is 2.76 bits per heavy atom. The van der Waals surface area contributed by atoms with E-state index >= 15 is 0 Å². The maximum absolute atomic E-state index is 12.0. The summed E-state index contributed by atoms with van der Waals surface area (Å²) in [5.74, 6) is 0.140. The van der Waals surface area contributed by atoms with E-state index in [-0.39, 0.29) is 30.2 Å². The van der Waals surface area contributed by atoms with E-state index in [0.717, 1.165) is 19.3 Å². The number of aromatic amines is 1. The number of nitrogens with zero attached hydrogens (tertiary/aromatic N) is 1. The number of methoxy groups -OCH3 is 2. The summed E-state index contributed by atoms with van der Waals surface area (Å²) < 4.78 is 11.6. The first-order chi connectivity index (χ1) is 10.1. The largest absolute Gasteiger partial charge is 0.383 e. The standard InChI is InChI=1S/C13H22N4O4/c1-20-6-5-17-11(14)10(12(18)16-13(17)19)15-8-3-4-9(7-8)21-2/h8-9,15H,3-7,14H2,1-2H3,(H,16,18,19). The van der Waals surface area contributed by atoms with Gasteiger partial charge in [0.1, 0.15) is 11.5 Å². The number of rotatable bonds is 6. The van der Waals surface area contributed by atoms with Gasteiger partial charge in [-0.2, -0.15) is 0 Å². The Balaban J connectivity index is 2.23. The number of ether oxygens (including phenoxy) is 2. The van der Waals surface area contributed by atoms with Gasteiger partial charge in [0, 0.05) is 20.3 Å². The average Bonchev–Trinajstić information content (AvgIpc) is 2.91. The van der Waals surface area contributed by atoms with E-state index in [1.54, 1.807) is 7.11 Å². The molecule has 21 heavy (non-hydrogen) atoms. The van der Waals surface area contributed by atoms with Crippen molar-refractivity contribution in [1.82, 2.24) is 9.55 Å². The van der Waals surface area contributed by atoms with Crippen molar-refractivity contribution >= 4 is 11.5 Å². The van der Waals surface area contributed by atoms with Gasteiger partial charge in [-0.1, -0.05) is 0 Å². The molecule has 4 N–H and O–H groups in total. The van der Waals surface area contributed by atoms with E-state index in [1.165, 1.54) is 11.7 Å². The van der Waals surface area contributed by atoms with Gasteiger partial charge in [-0.05, 0) is 19.3 Å². The van der Waals surface area contributed by atoms with E-state index in [1.807, 2.05) is 0 Å². The van der Waals surface area contributed by atoms with Crippen molar-refractivity contribution in [3.63, 3.8) is 0 Å². The number of nitrogens with one attached hydrogen (secondary N) is 2. The van der Waals surface area contributed by atoms with E-state index < -0.39 is 11.2 Å². The molecule has 8 nitrogen and oxygen atoms in total. The van der Waals surface area contributed by atoms with Gasteiger partial charge in [-0.15, -0.1) is 0 Å². The molecular weight excluding hydrogens is 276 g/mol. The Morgan fingerprint density at radius 2 is 2.14 bits per heavy atom. The van der Waals surface area contributed by atoms with Crippen LogP contribution in [0.25, 0.3) is 0 Å². The lowest BCUT2D eigenvalue weighted by atomic mass is 10.2. The maximum atomic E-state index is 12.0. The summed E-state index contributed by atoms with van der Waals surface area (Å²) >= 11 is 0. The molecular formula is C13H22N4O4. The molecule has 1 heterocycles. The molecule has 1 aliphatic rings. The highest BCUT2D eigenvalue weighted by atomic mass is 16.5. The number of aromatic nitrogens is 2. The van der Waals surface area contributed by atoms with Gasteiger partial charge >= 0.3 is 5.69 Å². The molecule has 8 heteroatoms. The number of hydrogen-bond acceptors (Lipinski definition) is 6. The third-order valence-electron chi connectivity index (χ3n) is 3.82. The summed E-state index contributed by atoms with van der Waals surface area (Å²) in [7, 11) is 3.22. The molecule has 0 saturated heterocycles. The van der Waals surface area contributed by atoms with E-state index in [4.69, 9.17) is 15.2 Å². The van der Waals surface area contributed by atoms with Gasteiger partial charge in [0.05, 0.1) is 19.3 Å². The Bertz CT molecular complexity index is 595. The van der Waals surface area contributed by atoms with Crippen molar-refractivity contribution in [2.75, 3.05) is 31.9 Å². The van der Waals surface area contributed by atoms with E-state index in [0.29, 0.717) is 6.61 Å². The molecule has 0 bridgehead atoms. The monoisotopic (exact) mass is 298 g/mol. The molecule has 0 aliphatic heterocycles. The number of nitrogen functional groups attached to an aromatic ring is 1. The minimum absolute atomic E-state index is 0.117. The van der Waals surface area contributed by atoms with Crippen molar-refractivity contribution in [2.45, 2.75) is 38.0 Å². The van der Waals surface area contributed by atoms with Crippen LogP contribution in [-0.2, 0) is 16.0 Å². The van der Waals surface area contributed by atoms with Crippen LogP contribution in [0.4, 0.5) is 11.5 Å². The summed E-state index contributed by atoms with van der Waals surface area (Å²) in [6.07, 6.45) is 2.85. The van der Waals surface area contributed by atoms with Gasteiger partial charge in [0.2, 0.25) is 0 Å². The fraction of sp³-hybridized carbons (Fsp3) is 0.692. The lowest BCUT2D eigenvalue weighted by molar-refractivity contribution is 0.108. The van der Waals surface area contributed by atoms with Gasteiger partial charge in [0.25, 0.3) is 5.56 Å².